The third kappa shape index (κ3) is 3.45. The molecule has 0 heterocycles. The molecule has 1 atom stereocenters. The summed E-state index contributed by atoms with van der Waals surface area (Å²) in [5, 5.41) is 3.01. The van der Waals surface area contributed by atoms with Crippen LogP contribution in [-0.4, -0.2) is 19.8 Å². The van der Waals surface area contributed by atoms with E-state index in [-0.39, 0.29) is 6.04 Å². The lowest BCUT2D eigenvalue weighted by Gasteiger charge is -2.22. The van der Waals surface area contributed by atoms with Gasteiger partial charge in [-0.25, -0.2) is 8.78 Å². The van der Waals surface area contributed by atoms with Crippen LogP contribution in [0.4, 0.5) is 14.5 Å². The SMILES string of the molecule is COCC(Nc1ccc(F)cc1F)C(C)C. The number of ether oxygens (including phenoxy) is 1. The van der Waals surface area contributed by atoms with Crippen LogP contribution in [0.15, 0.2) is 18.2 Å². The third-order valence-corrected chi connectivity index (χ3v) is 2.42. The molecule has 1 aromatic rings. The summed E-state index contributed by atoms with van der Waals surface area (Å²) in [6.07, 6.45) is 0. The average Bonchev–Trinajstić information content (AvgIpc) is 2.20. The topological polar surface area (TPSA) is 21.3 Å². The van der Waals surface area contributed by atoms with Gasteiger partial charge in [-0.2, -0.15) is 0 Å². The van der Waals surface area contributed by atoms with Crippen LogP contribution in [0.25, 0.3) is 0 Å². The van der Waals surface area contributed by atoms with Crippen molar-refractivity contribution in [2.75, 3.05) is 19.0 Å². The molecule has 0 saturated carbocycles. The molecule has 2 nitrogen and oxygen atoms in total. The van der Waals surface area contributed by atoms with Gasteiger partial charge in [0.25, 0.3) is 0 Å². The van der Waals surface area contributed by atoms with Crippen molar-refractivity contribution in [2.24, 2.45) is 5.92 Å². The molecule has 0 aliphatic heterocycles. The molecule has 4 heteroatoms. The molecule has 1 aromatic carbocycles. The highest BCUT2D eigenvalue weighted by atomic mass is 19.1. The zero-order valence-corrected chi connectivity index (χ0v) is 9.76. The fourth-order valence-electron chi connectivity index (χ4n) is 1.39. The van der Waals surface area contributed by atoms with Gasteiger partial charge in [0.15, 0.2) is 0 Å². The Balaban J connectivity index is 2.77. The molecule has 0 aromatic heterocycles. The van der Waals surface area contributed by atoms with Crippen molar-refractivity contribution in [3.63, 3.8) is 0 Å². The number of hydrogen-bond acceptors (Lipinski definition) is 2. The molecule has 90 valence electrons. The van der Waals surface area contributed by atoms with Gasteiger partial charge in [-0.1, -0.05) is 13.8 Å². The van der Waals surface area contributed by atoms with E-state index in [1.54, 1.807) is 7.11 Å². The van der Waals surface area contributed by atoms with Gasteiger partial charge in [0.1, 0.15) is 11.6 Å². The molecule has 0 spiro atoms. The Labute approximate surface area is 94.6 Å². The van der Waals surface area contributed by atoms with Crippen molar-refractivity contribution in [2.45, 2.75) is 19.9 Å². The third-order valence-electron chi connectivity index (χ3n) is 2.42. The lowest BCUT2D eigenvalue weighted by atomic mass is 10.0. The molecule has 0 radical (unpaired) electrons. The fourth-order valence-corrected chi connectivity index (χ4v) is 1.39. The average molecular weight is 229 g/mol. The Morgan fingerprint density at radius 2 is 2.00 bits per heavy atom. The van der Waals surface area contributed by atoms with Gasteiger partial charge >= 0.3 is 0 Å². The van der Waals surface area contributed by atoms with E-state index in [1.165, 1.54) is 12.1 Å². The van der Waals surface area contributed by atoms with Gasteiger partial charge in [0, 0.05) is 13.2 Å². The second-order valence-corrected chi connectivity index (χ2v) is 4.07. The smallest absolute Gasteiger partial charge is 0.149 e. The van der Waals surface area contributed by atoms with Crippen LogP contribution in [0.5, 0.6) is 0 Å². The first-order valence-corrected chi connectivity index (χ1v) is 5.25. The molecular weight excluding hydrogens is 212 g/mol. The highest BCUT2D eigenvalue weighted by molar-refractivity contribution is 5.45. The number of methoxy groups -OCH3 is 1. The molecule has 0 aliphatic rings. The van der Waals surface area contributed by atoms with Crippen LogP contribution in [0.2, 0.25) is 0 Å². The number of anilines is 1. The van der Waals surface area contributed by atoms with Gasteiger partial charge in [-0.3, -0.25) is 0 Å². The number of halogens is 2. The first-order chi connectivity index (χ1) is 7.54. The molecule has 1 rings (SSSR count). The minimum Gasteiger partial charge on any atom is -0.383 e. The van der Waals surface area contributed by atoms with Crippen LogP contribution in [0, 0.1) is 17.6 Å². The summed E-state index contributed by atoms with van der Waals surface area (Å²) in [7, 11) is 1.60. The van der Waals surface area contributed by atoms with Gasteiger partial charge < -0.3 is 10.1 Å². The van der Waals surface area contributed by atoms with Crippen LogP contribution in [0.3, 0.4) is 0 Å². The molecule has 0 fully saturated rings. The van der Waals surface area contributed by atoms with Crippen LogP contribution < -0.4 is 5.32 Å². The zero-order chi connectivity index (χ0) is 12.1. The maximum absolute atomic E-state index is 13.4. The maximum Gasteiger partial charge on any atom is 0.149 e. The predicted octanol–water partition coefficient (Wildman–Crippen LogP) is 3.05. The summed E-state index contributed by atoms with van der Waals surface area (Å²) >= 11 is 0. The van der Waals surface area contributed by atoms with Crippen molar-refractivity contribution < 1.29 is 13.5 Å². The molecule has 0 bridgehead atoms. The van der Waals surface area contributed by atoms with E-state index in [9.17, 15) is 8.78 Å². The molecule has 1 unspecified atom stereocenters. The Kier molecular flexibility index (Phi) is 4.68. The molecule has 0 saturated heterocycles. The normalized spacial score (nSPS) is 12.9. The number of rotatable bonds is 5. The molecule has 16 heavy (non-hydrogen) atoms. The number of hydrogen-bond donors (Lipinski definition) is 1. The first kappa shape index (κ1) is 12.9. The Morgan fingerprint density at radius 1 is 1.31 bits per heavy atom. The van der Waals surface area contributed by atoms with Gasteiger partial charge in [-0.05, 0) is 18.1 Å². The van der Waals surface area contributed by atoms with E-state index < -0.39 is 11.6 Å². The standard InChI is InChI=1S/C12H17F2NO/c1-8(2)12(7-16-3)15-11-5-4-9(13)6-10(11)14/h4-6,8,12,15H,7H2,1-3H3. The minimum absolute atomic E-state index is 0.00459. The van der Waals surface area contributed by atoms with Gasteiger partial charge in [0.05, 0.1) is 18.3 Å². The van der Waals surface area contributed by atoms with Crippen molar-refractivity contribution in [1.82, 2.24) is 0 Å². The van der Waals surface area contributed by atoms with Crippen LogP contribution in [-0.2, 0) is 4.74 Å². The summed E-state index contributed by atoms with van der Waals surface area (Å²) in [5.74, 6) is -0.859. The van der Waals surface area contributed by atoms with Crippen molar-refractivity contribution in [1.29, 1.82) is 0 Å². The highest BCUT2D eigenvalue weighted by Gasteiger charge is 2.14. The second kappa shape index (κ2) is 5.80. The highest BCUT2D eigenvalue weighted by Crippen LogP contribution is 2.18. The fraction of sp³-hybridized carbons (Fsp3) is 0.500. The van der Waals surface area contributed by atoms with Crippen molar-refractivity contribution >= 4 is 5.69 Å². The van der Waals surface area contributed by atoms with Crippen LogP contribution in [0.1, 0.15) is 13.8 Å². The van der Waals surface area contributed by atoms with E-state index in [0.717, 1.165) is 6.07 Å². The first-order valence-electron chi connectivity index (χ1n) is 5.25. The minimum atomic E-state index is -0.582. The molecule has 1 N–H and O–H groups in total. The lowest BCUT2D eigenvalue weighted by Crippen LogP contribution is -2.30. The van der Waals surface area contributed by atoms with E-state index in [1.807, 2.05) is 13.8 Å². The van der Waals surface area contributed by atoms with E-state index in [4.69, 9.17) is 4.74 Å². The van der Waals surface area contributed by atoms with Gasteiger partial charge in [-0.15, -0.1) is 0 Å². The summed E-state index contributed by atoms with van der Waals surface area (Å²) in [5.41, 5.74) is 0.303. The summed E-state index contributed by atoms with van der Waals surface area (Å²) in [6, 6.07) is 3.50. The van der Waals surface area contributed by atoms with E-state index in [2.05, 4.69) is 5.32 Å². The quantitative estimate of drug-likeness (QED) is 0.837. The monoisotopic (exact) mass is 229 g/mol. The maximum atomic E-state index is 13.4. The Hall–Kier alpha value is -1.16. The molecule has 0 amide bonds. The molecular formula is C12H17F2NO. The van der Waals surface area contributed by atoms with Crippen molar-refractivity contribution in [3.05, 3.63) is 29.8 Å². The van der Waals surface area contributed by atoms with Crippen molar-refractivity contribution in [3.8, 4) is 0 Å². The van der Waals surface area contributed by atoms with E-state index in [0.29, 0.717) is 18.2 Å². The molecule has 0 aliphatic carbocycles. The summed E-state index contributed by atoms with van der Waals surface area (Å²) in [6.45, 7) is 4.50. The zero-order valence-electron chi connectivity index (χ0n) is 9.76. The van der Waals surface area contributed by atoms with Crippen LogP contribution >= 0.6 is 0 Å². The Bertz CT molecular complexity index is 342. The number of nitrogens with one attached hydrogen (secondary N) is 1. The summed E-state index contributed by atoms with van der Waals surface area (Å²) < 4.78 is 31.1. The lowest BCUT2D eigenvalue weighted by molar-refractivity contribution is 0.171. The number of benzene rings is 1. The van der Waals surface area contributed by atoms with E-state index >= 15 is 0 Å². The largest absolute Gasteiger partial charge is 0.383 e. The second-order valence-electron chi connectivity index (χ2n) is 4.07. The summed E-state index contributed by atoms with van der Waals surface area (Å²) in [4.78, 5) is 0. The Morgan fingerprint density at radius 3 is 2.50 bits per heavy atom. The van der Waals surface area contributed by atoms with Gasteiger partial charge in [0.2, 0.25) is 0 Å². The predicted molar refractivity (Wildman–Crippen MR) is 60.5 cm³/mol.